The van der Waals surface area contributed by atoms with Gasteiger partial charge in [0.1, 0.15) is 12.4 Å². The lowest BCUT2D eigenvalue weighted by atomic mass is 9.87. The number of hydrogen-bond donors (Lipinski definition) is 2. The average molecular weight is 519 g/mol. The monoisotopic (exact) mass is 518 g/mol. The van der Waals surface area contributed by atoms with Crippen LogP contribution in [0.5, 0.6) is 11.6 Å². The summed E-state index contributed by atoms with van der Waals surface area (Å²) in [7, 11) is 0. The maximum atomic E-state index is 13.6. The first-order valence-electron chi connectivity index (χ1n) is 12.4. The van der Waals surface area contributed by atoms with E-state index in [9.17, 15) is 14.7 Å². The number of nitrogens with one attached hydrogen (secondary N) is 1. The highest BCUT2D eigenvalue weighted by Crippen LogP contribution is 2.39. The molecule has 1 unspecified atom stereocenters. The molecule has 3 amide bonds. The van der Waals surface area contributed by atoms with E-state index in [1.54, 1.807) is 55.2 Å². The van der Waals surface area contributed by atoms with Crippen LogP contribution in [-0.2, 0) is 16.9 Å². The lowest BCUT2D eigenvalue weighted by molar-refractivity contribution is -0.127. The van der Waals surface area contributed by atoms with Crippen molar-refractivity contribution in [2.75, 3.05) is 13.2 Å². The number of carbonyl (C=O) groups excluding carboxylic acids is 2. The van der Waals surface area contributed by atoms with Crippen molar-refractivity contribution in [2.24, 2.45) is 0 Å². The molecule has 0 bridgehead atoms. The molecule has 1 atom stereocenters. The third-order valence-corrected chi connectivity index (χ3v) is 6.81. The highest BCUT2D eigenvalue weighted by atomic mass is 16.5. The second-order valence-electron chi connectivity index (χ2n) is 8.99. The highest BCUT2D eigenvalue weighted by molar-refractivity contribution is 6.07. The molecule has 39 heavy (non-hydrogen) atoms. The number of hydrogen-bond acceptors (Lipinski definition) is 5. The van der Waals surface area contributed by atoms with Crippen molar-refractivity contribution in [3.63, 3.8) is 0 Å². The Hall–Kier alpha value is -5.21. The fourth-order valence-electron chi connectivity index (χ4n) is 4.83. The molecule has 8 heteroatoms. The summed E-state index contributed by atoms with van der Waals surface area (Å²) in [4.78, 5) is 32.1. The van der Waals surface area contributed by atoms with Crippen LogP contribution in [0, 0.1) is 23.7 Å². The maximum Gasteiger partial charge on any atom is 0.326 e. The number of nitrogens with zero attached hydrogens (tertiary/aromatic N) is 3. The summed E-state index contributed by atoms with van der Waals surface area (Å²) in [6, 6.07) is 16.1. The van der Waals surface area contributed by atoms with E-state index in [0.717, 1.165) is 16.5 Å². The molecule has 4 aromatic rings. The van der Waals surface area contributed by atoms with Gasteiger partial charge >= 0.3 is 6.03 Å². The van der Waals surface area contributed by atoms with Crippen molar-refractivity contribution in [3.8, 4) is 46.4 Å². The zero-order valence-corrected chi connectivity index (χ0v) is 21.6. The molecule has 2 aromatic carbocycles. The SMILES string of the molecule is CC#CCOc1ccc2c(O)n(CC3(c4ccc(-c5ccncc5)cc4)C(=O)NC(=O)N3CC#CC)cc2c1. The summed E-state index contributed by atoms with van der Waals surface area (Å²) < 4.78 is 7.25. The quantitative estimate of drug-likeness (QED) is 0.281. The molecule has 1 fully saturated rings. The van der Waals surface area contributed by atoms with Gasteiger partial charge in [-0.25, -0.2) is 4.79 Å². The van der Waals surface area contributed by atoms with Gasteiger partial charge < -0.3 is 14.4 Å². The summed E-state index contributed by atoms with van der Waals surface area (Å²) in [5.74, 6) is 11.5. The Morgan fingerprint density at radius 3 is 2.41 bits per heavy atom. The molecule has 1 saturated heterocycles. The summed E-state index contributed by atoms with van der Waals surface area (Å²) in [5.41, 5.74) is 1.07. The van der Waals surface area contributed by atoms with Gasteiger partial charge in [-0.1, -0.05) is 36.1 Å². The van der Waals surface area contributed by atoms with Gasteiger partial charge in [0.05, 0.1) is 13.1 Å². The van der Waals surface area contributed by atoms with Crippen LogP contribution >= 0.6 is 0 Å². The van der Waals surface area contributed by atoms with E-state index < -0.39 is 17.5 Å². The van der Waals surface area contributed by atoms with E-state index in [1.165, 1.54) is 4.90 Å². The first-order valence-corrected chi connectivity index (χ1v) is 12.4. The first-order chi connectivity index (χ1) is 19.0. The Morgan fingerprint density at radius 1 is 0.974 bits per heavy atom. The van der Waals surface area contributed by atoms with Crippen molar-refractivity contribution in [1.29, 1.82) is 0 Å². The molecule has 0 spiro atoms. The van der Waals surface area contributed by atoms with Crippen LogP contribution < -0.4 is 10.1 Å². The van der Waals surface area contributed by atoms with Gasteiger partial charge in [0.2, 0.25) is 0 Å². The molecular formula is C31H26N4O4. The molecule has 2 N–H and O–H groups in total. The lowest BCUT2D eigenvalue weighted by Gasteiger charge is -2.35. The smallest absolute Gasteiger partial charge is 0.326 e. The van der Waals surface area contributed by atoms with Crippen LogP contribution in [0.1, 0.15) is 19.4 Å². The van der Waals surface area contributed by atoms with Gasteiger partial charge in [0, 0.05) is 29.4 Å². The number of benzene rings is 2. The van der Waals surface area contributed by atoms with Gasteiger partial charge in [0.15, 0.2) is 11.4 Å². The van der Waals surface area contributed by atoms with Crippen molar-refractivity contribution in [1.82, 2.24) is 19.8 Å². The largest absolute Gasteiger partial charge is 0.494 e. The van der Waals surface area contributed by atoms with E-state index in [2.05, 4.69) is 34.0 Å². The molecule has 0 radical (unpaired) electrons. The van der Waals surface area contributed by atoms with Crippen LogP contribution in [0.15, 0.2) is 73.2 Å². The van der Waals surface area contributed by atoms with Gasteiger partial charge in [-0.05, 0) is 60.9 Å². The fourth-order valence-corrected chi connectivity index (χ4v) is 4.83. The number of amides is 3. The highest BCUT2D eigenvalue weighted by Gasteiger charge is 2.54. The van der Waals surface area contributed by atoms with Gasteiger partial charge in [-0.15, -0.1) is 11.8 Å². The van der Waals surface area contributed by atoms with Crippen molar-refractivity contribution in [2.45, 2.75) is 25.9 Å². The molecule has 1 aliphatic heterocycles. The fraction of sp³-hybridized carbons (Fsp3) is 0.194. The minimum atomic E-state index is -1.44. The number of fused-ring (bicyclic) bond motifs is 1. The normalized spacial score (nSPS) is 16.3. The van der Waals surface area contributed by atoms with E-state index in [0.29, 0.717) is 16.7 Å². The molecular weight excluding hydrogens is 492 g/mol. The number of aromatic hydroxyl groups is 1. The number of carbonyl (C=O) groups is 2. The second-order valence-corrected chi connectivity index (χ2v) is 8.99. The topological polar surface area (TPSA) is 96.7 Å². The number of ether oxygens (including phenoxy) is 1. The Kier molecular flexibility index (Phi) is 6.94. The average Bonchev–Trinajstić information content (AvgIpc) is 3.39. The van der Waals surface area contributed by atoms with Crippen molar-refractivity contribution in [3.05, 3.63) is 78.8 Å². The molecule has 8 nitrogen and oxygen atoms in total. The Balaban J connectivity index is 1.59. The Morgan fingerprint density at radius 2 is 1.69 bits per heavy atom. The molecule has 194 valence electrons. The third-order valence-electron chi connectivity index (χ3n) is 6.81. The van der Waals surface area contributed by atoms with E-state index in [-0.39, 0.29) is 25.6 Å². The number of imide groups is 1. The second kappa shape index (κ2) is 10.6. The van der Waals surface area contributed by atoms with E-state index in [1.807, 2.05) is 36.4 Å². The van der Waals surface area contributed by atoms with Gasteiger partial charge in [-0.3, -0.25) is 20.0 Å². The first kappa shape index (κ1) is 25.4. The standard InChI is InChI=1S/C31H26N4O4/c1-3-5-17-35-30(38)33-29(37)31(35,25-9-7-22(8-10-25)23-13-15-32-16-14-23)21-34-20-24-19-26(39-18-6-4-2)11-12-27(24)28(34)36/h7-16,19-20,36H,17-18,21H2,1-2H3,(H,33,37,38). The zero-order chi connectivity index (χ0) is 27.4. The van der Waals surface area contributed by atoms with Crippen LogP contribution in [0.4, 0.5) is 4.79 Å². The number of rotatable bonds is 7. The minimum Gasteiger partial charge on any atom is -0.494 e. The number of pyridine rings is 1. The van der Waals surface area contributed by atoms with Crippen LogP contribution in [0.3, 0.4) is 0 Å². The summed E-state index contributed by atoms with van der Waals surface area (Å²) >= 11 is 0. The third kappa shape index (κ3) is 4.65. The number of urea groups is 1. The summed E-state index contributed by atoms with van der Waals surface area (Å²) in [5, 5.41) is 14.9. The molecule has 0 saturated carbocycles. The molecule has 1 aliphatic rings. The minimum absolute atomic E-state index is 0.0219. The lowest BCUT2D eigenvalue weighted by Crippen LogP contribution is -2.50. The molecule has 5 rings (SSSR count). The predicted octanol–water partition coefficient (Wildman–Crippen LogP) is 4.28. The maximum absolute atomic E-state index is 13.6. The van der Waals surface area contributed by atoms with Crippen LogP contribution in [0.2, 0.25) is 0 Å². The number of aromatic nitrogens is 2. The molecule has 2 aromatic heterocycles. The van der Waals surface area contributed by atoms with Crippen LogP contribution in [0.25, 0.3) is 21.9 Å². The molecule has 3 heterocycles. The van der Waals surface area contributed by atoms with Crippen LogP contribution in [-0.4, -0.2) is 44.6 Å². The van der Waals surface area contributed by atoms with Gasteiger partial charge in [0.25, 0.3) is 5.91 Å². The predicted molar refractivity (Wildman–Crippen MR) is 148 cm³/mol. The van der Waals surface area contributed by atoms with Crippen molar-refractivity contribution >= 4 is 22.7 Å². The van der Waals surface area contributed by atoms with E-state index >= 15 is 0 Å². The van der Waals surface area contributed by atoms with Gasteiger partial charge in [-0.2, -0.15) is 0 Å². The Bertz CT molecular complexity index is 1670. The summed E-state index contributed by atoms with van der Waals surface area (Å²) in [6.45, 7) is 3.69. The molecule has 0 aliphatic carbocycles. The summed E-state index contributed by atoms with van der Waals surface area (Å²) in [6.07, 6.45) is 5.17. The van der Waals surface area contributed by atoms with E-state index in [4.69, 9.17) is 4.74 Å². The zero-order valence-electron chi connectivity index (χ0n) is 21.6. The van der Waals surface area contributed by atoms with Crippen molar-refractivity contribution < 1.29 is 19.4 Å². The Labute approximate surface area is 226 Å².